The number of rotatable bonds is 3. The van der Waals surface area contributed by atoms with Gasteiger partial charge in [-0.1, -0.05) is 25.7 Å². The molecule has 1 aromatic heterocycles. The molecule has 1 saturated carbocycles. The van der Waals surface area contributed by atoms with Gasteiger partial charge in [0.25, 0.3) is 0 Å². The van der Waals surface area contributed by atoms with Crippen LogP contribution in [-0.2, 0) is 6.54 Å². The highest BCUT2D eigenvalue weighted by molar-refractivity contribution is 7.10. The van der Waals surface area contributed by atoms with Gasteiger partial charge in [-0.05, 0) is 36.8 Å². The maximum absolute atomic E-state index is 11.8. The van der Waals surface area contributed by atoms with Crippen LogP contribution in [0.15, 0.2) is 11.4 Å². The SMILES string of the molecule is Cc1ccsc1CNC(=O)NC1CCCCCC1. The lowest BCUT2D eigenvalue weighted by atomic mass is 10.1. The summed E-state index contributed by atoms with van der Waals surface area (Å²) in [6.45, 7) is 2.72. The third-order valence-corrected chi connectivity index (χ3v) is 4.59. The lowest BCUT2D eigenvalue weighted by Gasteiger charge is -2.16. The first-order chi connectivity index (χ1) is 8.75. The largest absolute Gasteiger partial charge is 0.335 e. The van der Waals surface area contributed by atoms with Gasteiger partial charge in [-0.25, -0.2) is 4.79 Å². The molecule has 1 aromatic rings. The van der Waals surface area contributed by atoms with Crippen LogP contribution in [0, 0.1) is 6.92 Å². The zero-order valence-electron chi connectivity index (χ0n) is 11.0. The number of nitrogens with one attached hydrogen (secondary N) is 2. The molecule has 0 saturated heterocycles. The van der Waals surface area contributed by atoms with Crippen LogP contribution in [0.2, 0.25) is 0 Å². The lowest BCUT2D eigenvalue weighted by Crippen LogP contribution is -2.41. The van der Waals surface area contributed by atoms with Crippen molar-refractivity contribution in [2.45, 2.75) is 58.0 Å². The van der Waals surface area contributed by atoms with Gasteiger partial charge in [0.1, 0.15) is 0 Å². The molecule has 0 atom stereocenters. The van der Waals surface area contributed by atoms with Crippen molar-refractivity contribution in [3.05, 3.63) is 21.9 Å². The third-order valence-electron chi connectivity index (χ3n) is 3.57. The molecule has 0 radical (unpaired) electrons. The second-order valence-corrected chi connectivity index (χ2v) is 6.04. The molecule has 0 unspecified atom stereocenters. The fourth-order valence-electron chi connectivity index (χ4n) is 2.41. The van der Waals surface area contributed by atoms with E-state index >= 15 is 0 Å². The molecule has 0 aromatic carbocycles. The number of carbonyl (C=O) groups excluding carboxylic acids is 1. The standard InChI is InChI=1S/C14H22N2OS/c1-11-8-9-18-13(11)10-15-14(17)16-12-6-4-2-3-5-7-12/h8-9,12H,2-7,10H2,1H3,(H2,15,16,17). The van der Waals surface area contributed by atoms with Crippen LogP contribution in [0.5, 0.6) is 0 Å². The van der Waals surface area contributed by atoms with E-state index in [0.29, 0.717) is 12.6 Å². The van der Waals surface area contributed by atoms with Crippen LogP contribution < -0.4 is 10.6 Å². The molecule has 1 heterocycles. The third kappa shape index (κ3) is 4.02. The van der Waals surface area contributed by atoms with Crippen LogP contribution in [-0.4, -0.2) is 12.1 Å². The van der Waals surface area contributed by atoms with E-state index in [0.717, 1.165) is 12.8 Å². The molecule has 2 rings (SSSR count). The number of carbonyl (C=O) groups is 1. The van der Waals surface area contributed by atoms with E-state index in [9.17, 15) is 4.79 Å². The molecule has 0 spiro atoms. The van der Waals surface area contributed by atoms with Crippen molar-refractivity contribution in [3.8, 4) is 0 Å². The summed E-state index contributed by atoms with van der Waals surface area (Å²) in [5.41, 5.74) is 1.26. The van der Waals surface area contributed by atoms with E-state index in [4.69, 9.17) is 0 Å². The summed E-state index contributed by atoms with van der Waals surface area (Å²) < 4.78 is 0. The minimum atomic E-state index is -0.0188. The normalized spacial score (nSPS) is 17.2. The molecule has 4 heteroatoms. The molecule has 1 fully saturated rings. The Kier molecular flexibility index (Phi) is 5.05. The van der Waals surface area contributed by atoms with Gasteiger partial charge in [-0.15, -0.1) is 11.3 Å². The molecule has 0 aliphatic heterocycles. The fourth-order valence-corrected chi connectivity index (χ4v) is 3.25. The Morgan fingerprint density at radius 1 is 1.33 bits per heavy atom. The highest BCUT2D eigenvalue weighted by Gasteiger charge is 2.14. The Labute approximate surface area is 113 Å². The van der Waals surface area contributed by atoms with Crippen molar-refractivity contribution >= 4 is 17.4 Å². The van der Waals surface area contributed by atoms with Crippen molar-refractivity contribution in [1.82, 2.24) is 10.6 Å². The van der Waals surface area contributed by atoms with E-state index in [1.807, 2.05) is 0 Å². The summed E-state index contributed by atoms with van der Waals surface area (Å²) >= 11 is 1.70. The van der Waals surface area contributed by atoms with Crippen LogP contribution >= 0.6 is 11.3 Å². The predicted octanol–water partition coefficient (Wildman–Crippen LogP) is 3.58. The molecule has 0 bridgehead atoms. The van der Waals surface area contributed by atoms with Gasteiger partial charge in [0.05, 0.1) is 6.54 Å². The maximum Gasteiger partial charge on any atom is 0.315 e. The van der Waals surface area contributed by atoms with Crippen molar-refractivity contribution in [2.24, 2.45) is 0 Å². The van der Waals surface area contributed by atoms with Crippen LogP contribution in [0.4, 0.5) is 4.79 Å². The van der Waals surface area contributed by atoms with Gasteiger partial charge in [-0.2, -0.15) is 0 Å². The molecule has 2 amide bonds. The average Bonchev–Trinajstić information content (AvgIpc) is 2.61. The molecule has 3 nitrogen and oxygen atoms in total. The summed E-state index contributed by atoms with van der Waals surface area (Å²) in [6, 6.07) is 2.44. The van der Waals surface area contributed by atoms with Crippen LogP contribution in [0.25, 0.3) is 0 Å². The Morgan fingerprint density at radius 3 is 2.67 bits per heavy atom. The summed E-state index contributed by atoms with van der Waals surface area (Å²) in [7, 11) is 0. The number of urea groups is 1. The fraction of sp³-hybridized carbons (Fsp3) is 0.643. The summed E-state index contributed by atoms with van der Waals surface area (Å²) in [5, 5.41) is 8.11. The van der Waals surface area contributed by atoms with Gasteiger partial charge < -0.3 is 10.6 Å². The second kappa shape index (κ2) is 6.78. The van der Waals surface area contributed by atoms with E-state index < -0.39 is 0 Å². The van der Waals surface area contributed by atoms with Crippen molar-refractivity contribution in [3.63, 3.8) is 0 Å². The van der Waals surface area contributed by atoms with Gasteiger partial charge in [-0.3, -0.25) is 0 Å². The number of hydrogen-bond donors (Lipinski definition) is 2. The minimum Gasteiger partial charge on any atom is -0.335 e. The number of amides is 2. The first-order valence-electron chi connectivity index (χ1n) is 6.83. The first-order valence-corrected chi connectivity index (χ1v) is 7.71. The maximum atomic E-state index is 11.8. The Hall–Kier alpha value is -1.03. The smallest absolute Gasteiger partial charge is 0.315 e. The Balaban J connectivity index is 1.73. The zero-order valence-corrected chi connectivity index (χ0v) is 11.8. The van der Waals surface area contributed by atoms with E-state index in [1.165, 1.54) is 36.1 Å². The van der Waals surface area contributed by atoms with E-state index in [2.05, 4.69) is 29.0 Å². The molecule has 18 heavy (non-hydrogen) atoms. The summed E-state index contributed by atoms with van der Waals surface area (Å²) in [6.07, 6.45) is 7.38. The summed E-state index contributed by atoms with van der Waals surface area (Å²) in [5.74, 6) is 0. The Bertz CT molecular complexity index is 381. The number of hydrogen-bond acceptors (Lipinski definition) is 2. The quantitative estimate of drug-likeness (QED) is 0.807. The topological polar surface area (TPSA) is 41.1 Å². The van der Waals surface area contributed by atoms with Gasteiger partial charge in [0.15, 0.2) is 0 Å². The second-order valence-electron chi connectivity index (χ2n) is 5.04. The van der Waals surface area contributed by atoms with Gasteiger partial charge in [0.2, 0.25) is 0 Å². The van der Waals surface area contributed by atoms with Gasteiger partial charge >= 0.3 is 6.03 Å². The highest BCUT2D eigenvalue weighted by Crippen LogP contribution is 2.17. The van der Waals surface area contributed by atoms with Gasteiger partial charge in [0, 0.05) is 10.9 Å². The molecule has 2 N–H and O–H groups in total. The van der Waals surface area contributed by atoms with Crippen LogP contribution in [0.3, 0.4) is 0 Å². The number of aryl methyl sites for hydroxylation is 1. The van der Waals surface area contributed by atoms with Crippen LogP contribution in [0.1, 0.15) is 49.0 Å². The zero-order chi connectivity index (χ0) is 12.8. The molecule has 1 aliphatic rings. The van der Waals surface area contributed by atoms with Crippen molar-refractivity contribution < 1.29 is 4.79 Å². The van der Waals surface area contributed by atoms with E-state index in [1.54, 1.807) is 11.3 Å². The molecule has 100 valence electrons. The molecule has 1 aliphatic carbocycles. The Morgan fingerprint density at radius 2 is 2.06 bits per heavy atom. The molecular formula is C14H22N2OS. The number of thiophene rings is 1. The highest BCUT2D eigenvalue weighted by atomic mass is 32.1. The van der Waals surface area contributed by atoms with Crippen molar-refractivity contribution in [1.29, 1.82) is 0 Å². The van der Waals surface area contributed by atoms with E-state index in [-0.39, 0.29) is 6.03 Å². The minimum absolute atomic E-state index is 0.0188. The summed E-state index contributed by atoms with van der Waals surface area (Å²) in [4.78, 5) is 13.1. The first kappa shape index (κ1) is 13.4. The lowest BCUT2D eigenvalue weighted by molar-refractivity contribution is 0.235. The average molecular weight is 266 g/mol. The van der Waals surface area contributed by atoms with Crippen molar-refractivity contribution in [2.75, 3.05) is 0 Å². The monoisotopic (exact) mass is 266 g/mol. The molecular weight excluding hydrogens is 244 g/mol. The predicted molar refractivity (Wildman–Crippen MR) is 75.9 cm³/mol.